The van der Waals surface area contributed by atoms with Gasteiger partial charge in [-0.1, -0.05) is 0 Å². The standard InChI is InChI=1S/C14H24N2O4S/c17-13(18)9-11-10-21-8-6-16(11)14(19)15-5-4-12-3-1-2-7-20-12/h11-12H,1-10H2,(H,15,19)(H,17,18). The third kappa shape index (κ3) is 5.39. The van der Waals surface area contributed by atoms with Crippen LogP contribution in [-0.2, 0) is 9.53 Å². The lowest BCUT2D eigenvalue weighted by atomic mass is 10.1. The number of carbonyl (C=O) groups is 2. The van der Waals surface area contributed by atoms with Gasteiger partial charge in [0.05, 0.1) is 18.6 Å². The Bertz CT molecular complexity index is 361. The number of nitrogens with zero attached hydrogens (tertiary/aromatic N) is 1. The molecule has 0 saturated carbocycles. The normalized spacial score (nSPS) is 26.4. The highest BCUT2D eigenvalue weighted by Crippen LogP contribution is 2.19. The Morgan fingerprint density at radius 2 is 2.24 bits per heavy atom. The van der Waals surface area contributed by atoms with Crippen molar-refractivity contribution < 1.29 is 19.4 Å². The van der Waals surface area contributed by atoms with Crippen molar-refractivity contribution in [3.8, 4) is 0 Å². The molecule has 0 aromatic heterocycles. The highest BCUT2D eigenvalue weighted by atomic mass is 32.2. The van der Waals surface area contributed by atoms with Crippen molar-refractivity contribution in [3.63, 3.8) is 0 Å². The van der Waals surface area contributed by atoms with E-state index >= 15 is 0 Å². The van der Waals surface area contributed by atoms with Gasteiger partial charge in [0.25, 0.3) is 0 Å². The predicted octanol–water partition coefficient (Wildman–Crippen LogP) is 1.55. The minimum Gasteiger partial charge on any atom is -0.481 e. The van der Waals surface area contributed by atoms with Crippen LogP contribution in [0, 0.1) is 0 Å². The van der Waals surface area contributed by atoms with Crippen LogP contribution in [0.4, 0.5) is 4.79 Å². The number of carboxylic acid groups (broad SMARTS) is 1. The molecule has 0 bridgehead atoms. The summed E-state index contributed by atoms with van der Waals surface area (Å²) in [5.41, 5.74) is 0. The zero-order valence-corrected chi connectivity index (χ0v) is 13.1. The third-order valence-corrected chi connectivity index (χ3v) is 5.01. The quantitative estimate of drug-likeness (QED) is 0.804. The second-order valence-corrected chi connectivity index (χ2v) is 6.68. The van der Waals surface area contributed by atoms with Crippen LogP contribution in [0.3, 0.4) is 0 Å². The number of hydrogen-bond donors (Lipinski definition) is 2. The van der Waals surface area contributed by atoms with E-state index in [9.17, 15) is 9.59 Å². The zero-order valence-electron chi connectivity index (χ0n) is 12.3. The van der Waals surface area contributed by atoms with Gasteiger partial charge in [-0.15, -0.1) is 0 Å². The van der Waals surface area contributed by atoms with E-state index in [0.29, 0.717) is 18.8 Å². The molecule has 2 aliphatic rings. The fourth-order valence-corrected chi connectivity index (χ4v) is 3.83. The summed E-state index contributed by atoms with van der Waals surface area (Å²) in [5, 5.41) is 11.8. The summed E-state index contributed by atoms with van der Waals surface area (Å²) in [4.78, 5) is 24.7. The molecular weight excluding hydrogens is 292 g/mol. The SMILES string of the molecule is O=C(O)CC1CSCCN1C(=O)NCCC1CCCCO1. The summed E-state index contributed by atoms with van der Waals surface area (Å²) < 4.78 is 5.63. The van der Waals surface area contributed by atoms with Gasteiger partial charge in [0, 0.05) is 31.2 Å². The molecule has 120 valence electrons. The highest BCUT2D eigenvalue weighted by molar-refractivity contribution is 7.99. The van der Waals surface area contributed by atoms with Crippen molar-refractivity contribution in [1.29, 1.82) is 0 Å². The molecular formula is C14H24N2O4S. The summed E-state index contributed by atoms with van der Waals surface area (Å²) in [5.74, 6) is 0.719. The van der Waals surface area contributed by atoms with E-state index in [4.69, 9.17) is 9.84 Å². The first-order valence-corrected chi connectivity index (χ1v) is 8.78. The lowest BCUT2D eigenvalue weighted by Crippen LogP contribution is -2.51. The van der Waals surface area contributed by atoms with Gasteiger partial charge < -0.3 is 20.1 Å². The number of hydrogen-bond acceptors (Lipinski definition) is 4. The largest absolute Gasteiger partial charge is 0.481 e. The van der Waals surface area contributed by atoms with Crippen LogP contribution >= 0.6 is 11.8 Å². The summed E-state index contributed by atoms with van der Waals surface area (Å²) in [6.45, 7) is 2.03. The molecule has 2 saturated heterocycles. The monoisotopic (exact) mass is 316 g/mol. The number of urea groups is 1. The van der Waals surface area contributed by atoms with Gasteiger partial charge >= 0.3 is 12.0 Å². The van der Waals surface area contributed by atoms with Crippen LogP contribution in [0.5, 0.6) is 0 Å². The van der Waals surface area contributed by atoms with Gasteiger partial charge in [0.2, 0.25) is 0 Å². The van der Waals surface area contributed by atoms with E-state index in [-0.39, 0.29) is 24.6 Å². The average molecular weight is 316 g/mol. The molecule has 0 aliphatic carbocycles. The van der Waals surface area contributed by atoms with Crippen LogP contribution in [0.15, 0.2) is 0 Å². The van der Waals surface area contributed by atoms with Gasteiger partial charge in [-0.2, -0.15) is 11.8 Å². The van der Waals surface area contributed by atoms with Crippen LogP contribution in [0.2, 0.25) is 0 Å². The lowest BCUT2D eigenvalue weighted by Gasteiger charge is -2.34. The topological polar surface area (TPSA) is 78.9 Å². The zero-order chi connectivity index (χ0) is 15.1. The molecule has 2 fully saturated rings. The van der Waals surface area contributed by atoms with Crippen LogP contribution in [0.25, 0.3) is 0 Å². The molecule has 2 N–H and O–H groups in total. The first-order chi connectivity index (χ1) is 10.2. The molecule has 2 heterocycles. The second-order valence-electron chi connectivity index (χ2n) is 5.53. The van der Waals surface area contributed by atoms with Crippen molar-refractivity contribution in [2.24, 2.45) is 0 Å². The average Bonchev–Trinajstić information content (AvgIpc) is 2.48. The Kier molecular flexibility index (Phi) is 6.63. The number of ether oxygens (including phenoxy) is 1. The molecule has 2 atom stereocenters. The second kappa shape index (κ2) is 8.48. The van der Waals surface area contributed by atoms with E-state index in [2.05, 4.69) is 5.32 Å². The van der Waals surface area contributed by atoms with Crippen LogP contribution in [-0.4, -0.2) is 65.4 Å². The van der Waals surface area contributed by atoms with Crippen molar-refractivity contribution in [2.45, 2.75) is 44.2 Å². The molecule has 0 radical (unpaired) electrons. The molecule has 7 heteroatoms. The molecule has 2 aliphatic heterocycles. The van der Waals surface area contributed by atoms with Gasteiger partial charge in [-0.25, -0.2) is 4.79 Å². The van der Waals surface area contributed by atoms with Crippen molar-refractivity contribution in [1.82, 2.24) is 10.2 Å². The molecule has 2 rings (SSSR count). The number of aliphatic carboxylic acids is 1. The van der Waals surface area contributed by atoms with Crippen molar-refractivity contribution in [3.05, 3.63) is 0 Å². The molecule has 0 aromatic rings. The van der Waals surface area contributed by atoms with E-state index in [1.807, 2.05) is 0 Å². The first kappa shape index (κ1) is 16.4. The lowest BCUT2D eigenvalue weighted by molar-refractivity contribution is -0.137. The maximum Gasteiger partial charge on any atom is 0.317 e. The maximum atomic E-state index is 12.2. The Morgan fingerprint density at radius 3 is 2.95 bits per heavy atom. The van der Waals surface area contributed by atoms with E-state index < -0.39 is 5.97 Å². The number of thioether (sulfide) groups is 1. The van der Waals surface area contributed by atoms with E-state index in [1.54, 1.807) is 16.7 Å². The van der Waals surface area contributed by atoms with Crippen LogP contribution < -0.4 is 5.32 Å². The Morgan fingerprint density at radius 1 is 1.38 bits per heavy atom. The number of carboxylic acids is 1. The number of amides is 2. The fourth-order valence-electron chi connectivity index (χ4n) is 2.77. The molecule has 2 amide bonds. The fraction of sp³-hybridized carbons (Fsp3) is 0.857. The number of carbonyl (C=O) groups excluding carboxylic acids is 1. The minimum atomic E-state index is -0.851. The predicted molar refractivity (Wildman–Crippen MR) is 81.7 cm³/mol. The van der Waals surface area contributed by atoms with Gasteiger partial charge in [0.15, 0.2) is 0 Å². The molecule has 0 aromatic carbocycles. The molecule has 6 nitrogen and oxygen atoms in total. The van der Waals surface area contributed by atoms with Crippen LogP contribution in [0.1, 0.15) is 32.1 Å². The summed E-state index contributed by atoms with van der Waals surface area (Å²) >= 11 is 1.71. The maximum absolute atomic E-state index is 12.2. The van der Waals surface area contributed by atoms with Gasteiger partial charge in [-0.3, -0.25) is 4.79 Å². The number of nitrogens with one attached hydrogen (secondary N) is 1. The van der Waals surface area contributed by atoms with Gasteiger partial charge in [0.1, 0.15) is 0 Å². The van der Waals surface area contributed by atoms with Crippen molar-refractivity contribution in [2.75, 3.05) is 31.2 Å². The third-order valence-electron chi connectivity index (χ3n) is 3.92. The molecule has 0 spiro atoms. The summed E-state index contributed by atoms with van der Waals surface area (Å²) in [6.07, 6.45) is 4.50. The Labute approximate surface area is 129 Å². The molecule has 2 unspecified atom stereocenters. The van der Waals surface area contributed by atoms with E-state index in [1.165, 1.54) is 6.42 Å². The Balaban J connectivity index is 1.73. The highest BCUT2D eigenvalue weighted by Gasteiger charge is 2.28. The molecule has 21 heavy (non-hydrogen) atoms. The number of rotatable bonds is 5. The summed E-state index contributed by atoms with van der Waals surface area (Å²) in [7, 11) is 0. The van der Waals surface area contributed by atoms with Gasteiger partial charge in [-0.05, 0) is 25.7 Å². The minimum absolute atomic E-state index is 0.0200. The van der Waals surface area contributed by atoms with Crippen molar-refractivity contribution >= 4 is 23.8 Å². The Hall–Kier alpha value is -0.950. The van der Waals surface area contributed by atoms with E-state index in [0.717, 1.165) is 31.6 Å². The first-order valence-electron chi connectivity index (χ1n) is 7.62. The smallest absolute Gasteiger partial charge is 0.317 e. The summed E-state index contributed by atoms with van der Waals surface area (Å²) in [6, 6.07) is -0.343.